The van der Waals surface area contributed by atoms with Crippen molar-refractivity contribution in [2.75, 3.05) is 0 Å². The van der Waals surface area contributed by atoms with E-state index in [0.717, 1.165) is 0 Å². The van der Waals surface area contributed by atoms with Crippen molar-refractivity contribution in [3.8, 4) is 12.3 Å². The van der Waals surface area contributed by atoms with E-state index in [4.69, 9.17) is 10.8 Å². The van der Waals surface area contributed by atoms with Crippen LogP contribution in [0.25, 0.3) is 0 Å². The molecule has 0 saturated heterocycles. The predicted octanol–water partition coefficient (Wildman–Crippen LogP) is 2.39. The summed E-state index contributed by atoms with van der Waals surface area (Å²) >= 11 is 0. The first-order valence-electron chi connectivity index (χ1n) is 4.94. The second kappa shape index (κ2) is 4.48. The zero-order valence-corrected chi connectivity index (χ0v) is 11.1. The van der Waals surface area contributed by atoms with Crippen LogP contribution in [0.15, 0.2) is 0 Å². The van der Waals surface area contributed by atoms with E-state index in [2.05, 4.69) is 39.8 Å². The van der Waals surface area contributed by atoms with Crippen molar-refractivity contribution in [1.82, 2.24) is 0 Å². The Balaban J connectivity index is 4.46. The topological polar surface area (TPSA) is 29.5 Å². The van der Waals surface area contributed by atoms with Gasteiger partial charge >= 0.3 is 0 Å². The summed E-state index contributed by atoms with van der Waals surface area (Å²) in [6, 6.07) is 0. The predicted molar refractivity (Wildman–Crippen MR) is 62.6 cm³/mol. The van der Waals surface area contributed by atoms with Gasteiger partial charge in [-0.2, -0.15) is 0 Å². The maximum absolute atomic E-state index is 9.42. The van der Waals surface area contributed by atoms with Crippen molar-refractivity contribution in [3.63, 3.8) is 0 Å². The highest BCUT2D eigenvalue weighted by Gasteiger charge is 2.39. The van der Waals surface area contributed by atoms with E-state index < -0.39 is 14.4 Å². The van der Waals surface area contributed by atoms with Gasteiger partial charge in [-0.1, -0.05) is 26.7 Å². The summed E-state index contributed by atoms with van der Waals surface area (Å²) < 4.78 is 5.90. The maximum atomic E-state index is 9.42. The zero-order chi connectivity index (χ0) is 11.6. The lowest BCUT2D eigenvalue weighted by Crippen LogP contribution is -2.45. The Hall–Kier alpha value is -0.303. The molecule has 0 aromatic rings. The van der Waals surface area contributed by atoms with Crippen LogP contribution in [0, 0.1) is 12.3 Å². The summed E-state index contributed by atoms with van der Waals surface area (Å²) in [5.41, 5.74) is 0. The monoisotopic (exact) mass is 214 g/mol. The molecule has 1 N–H and O–H groups in total. The first kappa shape index (κ1) is 13.7. The molecule has 0 aliphatic carbocycles. The molecule has 0 rings (SSSR count). The van der Waals surface area contributed by atoms with Crippen molar-refractivity contribution < 1.29 is 9.53 Å². The van der Waals surface area contributed by atoms with Gasteiger partial charge in [-0.15, -0.1) is 6.42 Å². The van der Waals surface area contributed by atoms with E-state index in [0.29, 0.717) is 0 Å². The number of rotatable bonds is 3. The molecular weight excluding hydrogens is 192 g/mol. The van der Waals surface area contributed by atoms with Crippen LogP contribution in [-0.4, -0.2) is 25.6 Å². The largest absolute Gasteiger partial charge is 0.411 e. The Morgan fingerprint density at radius 2 is 1.79 bits per heavy atom. The fourth-order valence-electron chi connectivity index (χ4n) is 0.841. The molecule has 0 saturated carbocycles. The van der Waals surface area contributed by atoms with E-state index in [1.807, 2.05) is 6.92 Å². The highest BCUT2D eigenvalue weighted by atomic mass is 28.4. The molecule has 14 heavy (non-hydrogen) atoms. The molecule has 0 aliphatic rings. The molecule has 2 atom stereocenters. The first-order chi connectivity index (χ1) is 6.12. The van der Waals surface area contributed by atoms with E-state index in [1.54, 1.807) is 0 Å². The molecular formula is C11H22O2Si. The highest BCUT2D eigenvalue weighted by Crippen LogP contribution is 2.37. The van der Waals surface area contributed by atoms with Gasteiger partial charge in [-0.25, -0.2) is 0 Å². The summed E-state index contributed by atoms with van der Waals surface area (Å²) in [4.78, 5) is 0. The van der Waals surface area contributed by atoms with E-state index in [-0.39, 0.29) is 11.1 Å². The van der Waals surface area contributed by atoms with Gasteiger partial charge in [0.05, 0.1) is 6.10 Å². The lowest BCUT2D eigenvalue weighted by molar-refractivity contribution is 0.0752. The third-order valence-corrected chi connectivity index (χ3v) is 7.48. The number of hydrogen-bond donors (Lipinski definition) is 1. The number of hydrogen-bond acceptors (Lipinski definition) is 2. The second-order valence-electron chi connectivity index (χ2n) is 5.19. The standard InChI is InChI=1S/C11H22O2Si/c1-8-10(12)9(2)13-14(6,7)11(3,4)5/h1,9-10,12H,2-7H3/t9-,10+/m0/s1. The van der Waals surface area contributed by atoms with Crippen molar-refractivity contribution in [2.24, 2.45) is 0 Å². The molecule has 0 heterocycles. The Morgan fingerprint density at radius 3 is 2.07 bits per heavy atom. The molecule has 0 unspecified atom stereocenters. The van der Waals surface area contributed by atoms with Gasteiger partial charge in [-0.05, 0) is 25.1 Å². The van der Waals surface area contributed by atoms with Crippen LogP contribution in [0.4, 0.5) is 0 Å². The Bertz CT molecular complexity index is 222. The van der Waals surface area contributed by atoms with Gasteiger partial charge in [0, 0.05) is 0 Å². The van der Waals surface area contributed by atoms with Gasteiger partial charge in [0.2, 0.25) is 0 Å². The minimum Gasteiger partial charge on any atom is -0.411 e. The molecule has 0 amide bonds. The van der Waals surface area contributed by atoms with Crippen LogP contribution < -0.4 is 0 Å². The van der Waals surface area contributed by atoms with E-state index in [1.165, 1.54) is 0 Å². The van der Waals surface area contributed by atoms with Crippen molar-refractivity contribution in [3.05, 3.63) is 0 Å². The third-order valence-electron chi connectivity index (χ3n) is 2.90. The van der Waals surface area contributed by atoms with Crippen molar-refractivity contribution in [2.45, 2.75) is 58.0 Å². The Labute approximate surface area is 88.8 Å². The molecule has 0 aliphatic heterocycles. The normalized spacial score (nSPS) is 17.3. The first-order valence-corrected chi connectivity index (χ1v) is 7.84. The lowest BCUT2D eigenvalue weighted by Gasteiger charge is -2.38. The molecule has 3 heteroatoms. The number of terminal acetylenes is 1. The maximum Gasteiger partial charge on any atom is 0.192 e. The van der Waals surface area contributed by atoms with Gasteiger partial charge < -0.3 is 9.53 Å². The second-order valence-corrected chi connectivity index (χ2v) is 9.95. The zero-order valence-electron chi connectivity index (χ0n) is 10.1. The van der Waals surface area contributed by atoms with Crippen LogP contribution in [-0.2, 0) is 4.43 Å². The fourth-order valence-corrected chi connectivity index (χ4v) is 2.25. The molecule has 0 aromatic carbocycles. The lowest BCUT2D eigenvalue weighted by atomic mass is 10.2. The number of aliphatic hydroxyl groups is 1. The van der Waals surface area contributed by atoms with Crippen molar-refractivity contribution in [1.29, 1.82) is 0 Å². The van der Waals surface area contributed by atoms with Gasteiger partial charge in [-0.3, -0.25) is 0 Å². The minimum absolute atomic E-state index is 0.148. The Morgan fingerprint density at radius 1 is 1.36 bits per heavy atom. The van der Waals surface area contributed by atoms with Gasteiger partial charge in [0.25, 0.3) is 0 Å². The molecule has 0 spiro atoms. The molecule has 0 aromatic heterocycles. The van der Waals surface area contributed by atoms with Crippen LogP contribution in [0.5, 0.6) is 0 Å². The Kier molecular flexibility index (Phi) is 4.38. The van der Waals surface area contributed by atoms with E-state index >= 15 is 0 Å². The SMILES string of the molecule is C#C[C@@H](O)[C@H](C)O[Si](C)(C)C(C)(C)C. The summed E-state index contributed by atoms with van der Waals surface area (Å²) in [6.45, 7) is 12.6. The summed E-state index contributed by atoms with van der Waals surface area (Å²) in [6.07, 6.45) is 4.06. The molecule has 0 fully saturated rings. The third kappa shape index (κ3) is 3.45. The average Bonchev–Trinajstić information content (AvgIpc) is 2.00. The van der Waals surface area contributed by atoms with E-state index in [9.17, 15) is 5.11 Å². The molecule has 2 nitrogen and oxygen atoms in total. The average molecular weight is 214 g/mol. The minimum atomic E-state index is -1.80. The smallest absolute Gasteiger partial charge is 0.192 e. The van der Waals surface area contributed by atoms with Gasteiger partial charge in [0.1, 0.15) is 6.10 Å². The molecule has 0 bridgehead atoms. The van der Waals surface area contributed by atoms with Crippen LogP contribution >= 0.6 is 0 Å². The van der Waals surface area contributed by atoms with Gasteiger partial charge in [0.15, 0.2) is 8.32 Å². The van der Waals surface area contributed by atoms with Crippen LogP contribution in [0.1, 0.15) is 27.7 Å². The van der Waals surface area contributed by atoms with Crippen molar-refractivity contribution >= 4 is 8.32 Å². The molecule has 0 radical (unpaired) electrons. The highest BCUT2D eigenvalue weighted by molar-refractivity contribution is 6.74. The number of aliphatic hydroxyl groups excluding tert-OH is 1. The van der Waals surface area contributed by atoms with Crippen LogP contribution in [0.3, 0.4) is 0 Å². The van der Waals surface area contributed by atoms with Crippen LogP contribution in [0.2, 0.25) is 18.1 Å². The summed E-state index contributed by atoms with van der Waals surface area (Å²) in [5.74, 6) is 2.29. The molecule has 82 valence electrons. The fraction of sp³-hybridized carbons (Fsp3) is 0.818. The quantitative estimate of drug-likeness (QED) is 0.577. The summed E-state index contributed by atoms with van der Waals surface area (Å²) in [7, 11) is -1.80. The summed E-state index contributed by atoms with van der Waals surface area (Å²) in [5, 5.41) is 9.57.